The van der Waals surface area contributed by atoms with Gasteiger partial charge in [-0.05, 0) is 25.1 Å². The summed E-state index contributed by atoms with van der Waals surface area (Å²) in [5.41, 5.74) is 2.22. The molecule has 0 radical (unpaired) electrons. The quantitative estimate of drug-likeness (QED) is 0.662. The summed E-state index contributed by atoms with van der Waals surface area (Å²) in [6.07, 6.45) is 0.710. The Morgan fingerprint density at radius 1 is 1.12 bits per heavy atom. The molecule has 0 amide bonds. The lowest BCUT2D eigenvalue weighted by Gasteiger charge is -2.33. The summed E-state index contributed by atoms with van der Waals surface area (Å²) in [6.45, 7) is 13.4. The molecule has 0 saturated carbocycles. The van der Waals surface area contributed by atoms with Crippen LogP contribution in [0.1, 0.15) is 17.0 Å². The topological polar surface area (TPSA) is 36.6 Å². The van der Waals surface area contributed by atoms with Crippen molar-refractivity contribution in [3.8, 4) is 0 Å². The molecule has 0 bridgehead atoms. The van der Waals surface area contributed by atoms with Crippen LogP contribution in [0.5, 0.6) is 0 Å². The van der Waals surface area contributed by atoms with Gasteiger partial charge < -0.3 is 9.80 Å². The van der Waals surface area contributed by atoms with Gasteiger partial charge >= 0.3 is 0 Å². The van der Waals surface area contributed by atoms with Gasteiger partial charge in [0.1, 0.15) is 16.5 Å². The molecule has 0 spiro atoms. The largest absolute Gasteiger partial charge is 0.353 e. The Morgan fingerprint density at radius 2 is 1.85 bits per heavy atom. The normalized spacial score (nSPS) is 15.3. The summed E-state index contributed by atoms with van der Waals surface area (Å²) in [5, 5.41) is 1.78. The smallest absolute Gasteiger partial charge is 0.246 e. The third-order valence-electron chi connectivity index (χ3n) is 4.90. The van der Waals surface area contributed by atoms with Crippen LogP contribution in [0.3, 0.4) is 0 Å². The van der Waals surface area contributed by atoms with Gasteiger partial charge in [0.15, 0.2) is 0 Å². The summed E-state index contributed by atoms with van der Waals surface area (Å²) in [5.74, 6) is 1.83. The number of likely N-dealkylation sites (N-methyl/N-ethyl adjacent to an activating group) is 1. The van der Waals surface area contributed by atoms with E-state index in [0.29, 0.717) is 6.42 Å². The molecule has 4 rings (SSSR count). The highest BCUT2D eigenvalue weighted by atomic mass is 32.1. The van der Waals surface area contributed by atoms with E-state index in [1.165, 1.54) is 16.9 Å². The third kappa shape index (κ3) is 3.16. The summed E-state index contributed by atoms with van der Waals surface area (Å²) in [7, 11) is 2.15. The number of hydrogen-bond acceptors (Lipinski definition) is 5. The number of hydrogen-bond donors (Lipinski definition) is 0. The molecule has 26 heavy (non-hydrogen) atoms. The van der Waals surface area contributed by atoms with E-state index in [-0.39, 0.29) is 0 Å². The molecular formula is C20H21N5S. The van der Waals surface area contributed by atoms with E-state index in [2.05, 4.69) is 33.8 Å². The predicted octanol–water partition coefficient (Wildman–Crippen LogP) is 3.89. The predicted molar refractivity (Wildman–Crippen MR) is 107 cm³/mol. The SMILES string of the molecule is [C-]#[N+]c1sc2nc(Cc3ccccc3)nc(N3CCN(C)CC3)c2c1C. The van der Waals surface area contributed by atoms with Gasteiger partial charge in [0.2, 0.25) is 5.00 Å². The van der Waals surface area contributed by atoms with Crippen molar-refractivity contribution in [2.24, 2.45) is 0 Å². The molecular weight excluding hydrogens is 342 g/mol. The van der Waals surface area contributed by atoms with Crippen LogP contribution in [-0.2, 0) is 6.42 Å². The number of benzene rings is 1. The van der Waals surface area contributed by atoms with Gasteiger partial charge in [0.25, 0.3) is 0 Å². The molecule has 1 aliphatic rings. The van der Waals surface area contributed by atoms with Gasteiger partial charge in [0, 0.05) is 38.0 Å². The number of thiophene rings is 1. The lowest BCUT2D eigenvalue weighted by atomic mass is 10.1. The first-order chi connectivity index (χ1) is 12.7. The average Bonchev–Trinajstić information content (AvgIpc) is 2.98. The number of aryl methyl sites for hydroxylation is 1. The molecule has 0 N–H and O–H groups in total. The van der Waals surface area contributed by atoms with Gasteiger partial charge in [0.05, 0.1) is 6.57 Å². The van der Waals surface area contributed by atoms with E-state index in [1.807, 2.05) is 25.1 Å². The Balaban J connectivity index is 1.81. The fraction of sp³-hybridized carbons (Fsp3) is 0.350. The van der Waals surface area contributed by atoms with Crippen molar-refractivity contribution < 1.29 is 0 Å². The van der Waals surface area contributed by atoms with E-state index in [1.54, 1.807) is 0 Å². The minimum Gasteiger partial charge on any atom is -0.353 e. The summed E-state index contributed by atoms with van der Waals surface area (Å²) in [4.78, 5) is 19.1. The number of nitrogens with zero attached hydrogens (tertiary/aromatic N) is 5. The molecule has 3 aromatic rings. The minimum absolute atomic E-state index is 0.710. The molecule has 5 nitrogen and oxygen atoms in total. The van der Waals surface area contributed by atoms with Crippen LogP contribution in [-0.4, -0.2) is 48.1 Å². The maximum Gasteiger partial charge on any atom is 0.246 e. The lowest BCUT2D eigenvalue weighted by molar-refractivity contribution is 0.312. The first kappa shape index (κ1) is 17.0. The van der Waals surface area contributed by atoms with Crippen LogP contribution < -0.4 is 4.90 Å². The van der Waals surface area contributed by atoms with Crippen molar-refractivity contribution in [3.05, 3.63) is 58.7 Å². The summed E-state index contributed by atoms with van der Waals surface area (Å²) < 4.78 is 0. The maximum absolute atomic E-state index is 7.46. The molecule has 1 fully saturated rings. The lowest BCUT2D eigenvalue weighted by Crippen LogP contribution is -2.45. The highest BCUT2D eigenvalue weighted by Crippen LogP contribution is 2.40. The second kappa shape index (κ2) is 7.02. The van der Waals surface area contributed by atoms with Crippen molar-refractivity contribution in [1.29, 1.82) is 0 Å². The molecule has 0 unspecified atom stereocenters. The van der Waals surface area contributed by atoms with Crippen molar-refractivity contribution in [2.45, 2.75) is 13.3 Å². The number of fused-ring (bicyclic) bond motifs is 1. The van der Waals surface area contributed by atoms with Crippen molar-refractivity contribution in [2.75, 3.05) is 38.1 Å². The van der Waals surface area contributed by atoms with E-state index in [9.17, 15) is 0 Å². The number of anilines is 1. The van der Waals surface area contributed by atoms with Gasteiger partial charge in [-0.1, -0.05) is 30.3 Å². The first-order valence-corrected chi connectivity index (χ1v) is 9.62. The standard InChI is InChI=1S/C20H21N5S/c1-14-17-18(25-11-9-24(3)10-12-25)22-16(13-15-7-5-4-6-8-15)23-20(17)26-19(14)21-2/h4-8H,9-13H2,1,3H3. The maximum atomic E-state index is 7.46. The number of rotatable bonds is 3. The third-order valence-corrected chi connectivity index (χ3v) is 5.98. The van der Waals surface area contributed by atoms with Gasteiger partial charge in [-0.2, -0.15) is 0 Å². The van der Waals surface area contributed by atoms with Crippen LogP contribution in [0.15, 0.2) is 30.3 Å². The van der Waals surface area contributed by atoms with Crippen LogP contribution in [0.25, 0.3) is 15.1 Å². The van der Waals surface area contributed by atoms with Crippen molar-refractivity contribution in [1.82, 2.24) is 14.9 Å². The Kier molecular flexibility index (Phi) is 4.58. The van der Waals surface area contributed by atoms with Crippen molar-refractivity contribution >= 4 is 32.4 Å². The number of aromatic nitrogens is 2. The van der Waals surface area contributed by atoms with Crippen LogP contribution in [0, 0.1) is 13.5 Å². The highest BCUT2D eigenvalue weighted by Gasteiger charge is 2.22. The fourth-order valence-electron chi connectivity index (χ4n) is 3.36. The van der Waals surface area contributed by atoms with E-state index < -0.39 is 0 Å². The Labute approximate surface area is 157 Å². The average molecular weight is 363 g/mol. The van der Waals surface area contributed by atoms with Crippen LogP contribution in [0.4, 0.5) is 10.8 Å². The van der Waals surface area contributed by atoms with E-state index >= 15 is 0 Å². The Morgan fingerprint density at radius 3 is 2.54 bits per heavy atom. The number of piperazine rings is 1. The van der Waals surface area contributed by atoms with Gasteiger partial charge in [-0.25, -0.2) is 14.8 Å². The molecule has 6 heteroatoms. The van der Waals surface area contributed by atoms with E-state index in [4.69, 9.17) is 16.5 Å². The summed E-state index contributed by atoms with van der Waals surface area (Å²) in [6, 6.07) is 10.3. The monoisotopic (exact) mass is 363 g/mol. The fourth-order valence-corrected chi connectivity index (χ4v) is 4.34. The molecule has 132 valence electrons. The van der Waals surface area contributed by atoms with Gasteiger partial charge in [-0.15, -0.1) is 11.3 Å². The highest BCUT2D eigenvalue weighted by molar-refractivity contribution is 7.22. The van der Waals surface area contributed by atoms with Crippen molar-refractivity contribution in [3.63, 3.8) is 0 Å². The summed E-state index contributed by atoms with van der Waals surface area (Å²) >= 11 is 1.48. The molecule has 3 heterocycles. The molecule has 1 aromatic carbocycles. The first-order valence-electron chi connectivity index (χ1n) is 8.80. The Hall–Kier alpha value is -2.49. The Bertz CT molecular complexity index is 965. The zero-order chi connectivity index (χ0) is 18.1. The zero-order valence-corrected chi connectivity index (χ0v) is 15.9. The molecule has 0 atom stereocenters. The van der Waals surface area contributed by atoms with Crippen LogP contribution >= 0.6 is 11.3 Å². The zero-order valence-electron chi connectivity index (χ0n) is 15.1. The molecule has 1 saturated heterocycles. The second-order valence-electron chi connectivity index (χ2n) is 6.74. The molecule has 2 aromatic heterocycles. The molecule has 0 aliphatic carbocycles. The second-order valence-corrected chi connectivity index (χ2v) is 7.72. The van der Waals surface area contributed by atoms with Crippen LogP contribution in [0.2, 0.25) is 0 Å². The minimum atomic E-state index is 0.710. The van der Waals surface area contributed by atoms with E-state index in [0.717, 1.165) is 58.6 Å². The molecule has 1 aliphatic heterocycles. The van der Waals surface area contributed by atoms with Gasteiger partial charge in [-0.3, -0.25) is 0 Å².